The fourth-order valence-electron chi connectivity index (χ4n) is 2.36. The van der Waals surface area contributed by atoms with Gasteiger partial charge >= 0.3 is 0 Å². The molecule has 1 atom stereocenters. The lowest BCUT2D eigenvalue weighted by molar-refractivity contribution is 0.339. The van der Waals surface area contributed by atoms with Crippen molar-refractivity contribution in [2.45, 2.75) is 19.4 Å². The van der Waals surface area contributed by atoms with Crippen molar-refractivity contribution in [2.24, 2.45) is 5.92 Å². The number of fused-ring (bicyclic) bond motifs is 1. The van der Waals surface area contributed by atoms with Gasteiger partial charge in [0, 0.05) is 6.54 Å². The lowest BCUT2D eigenvalue weighted by Crippen LogP contribution is -2.32. The number of hydrogen-bond acceptors (Lipinski definition) is 5. The van der Waals surface area contributed by atoms with Crippen molar-refractivity contribution in [1.82, 2.24) is 24.8 Å². The number of anilines is 1. The van der Waals surface area contributed by atoms with E-state index in [1.54, 1.807) is 6.20 Å². The summed E-state index contributed by atoms with van der Waals surface area (Å²) in [6.45, 7) is 3.15. The maximum Gasteiger partial charge on any atom is 0.222 e. The van der Waals surface area contributed by atoms with E-state index >= 15 is 0 Å². The minimum Gasteiger partial charge on any atom is -0.368 e. The second kappa shape index (κ2) is 4.29. The fraction of sp³-hybridized carbons (Fsp3) is 0.545. The molecule has 1 saturated heterocycles. The number of nitrogens with zero attached hydrogens (tertiary/aromatic N) is 4. The third-order valence-electron chi connectivity index (χ3n) is 3.23. The molecule has 90 valence electrons. The molecule has 3 rings (SSSR count). The first-order valence-corrected chi connectivity index (χ1v) is 5.97. The Morgan fingerprint density at radius 3 is 3.24 bits per heavy atom. The molecule has 1 fully saturated rings. The second-order valence-corrected chi connectivity index (χ2v) is 4.55. The van der Waals surface area contributed by atoms with Gasteiger partial charge in [0.1, 0.15) is 5.52 Å². The first kappa shape index (κ1) is 10.5. The molecule has 6 nitrogen and oxygen atoms in total. The highest BCUT2D eigenvalue weighted by atomic mass is 15.1. The molecule has 1 aliphatic rings. The Morgan fingerprint density at radius 2 is 2.41 bits per heavy atom. The summed E-state index contributed by atoms with van der Waals surface area (Å²) in [6.07, 6.45) is 6.00. The van der Waals surface area contributed by atoms with Gasteiger partial charge in [0.15, 0.2) is 5.65 Å². The molecule has 3 heterocycles. The van der Waals surface area contributed by atoms with Gasteiger partial charge in [0.2, 0.25) is 5.95 Å². The quantitative estimate of drug-likeness (QED) is 0.783. The lowest BCUT2D eigenvalue weighted by Gasteiger charge is -2.22. The van der Waals surface area contributed by atoms with Gasteiger partial charge < -0.3 is 15.6 Å². The van der Waals surface area contributed by atoms with E-state index in [2.05, 4.69) is 24.8 Å². The molecule has 0 saturated carbocycles. The van der Waals surface area contributed by atoms with Crippen molar-refractivity contribution in [3.63, 3.8) is 0 Å². The Bertz CT molecular complexity index is 514. The number of nitrogens with two attached hydrogens (primary N) is 1. The van der Waals surface area contributed by atoms with Crippen LogP contribution in [0.25, 0.3) is 11.2 Å². The first-order chi connectivity index (χ1) is 8.33. The van der Waals surface area contributed by atoms with Crippen LogP contribution in [0.15, 0.2) is 12.5 Å². The molecular weight excluding hydrogens is 216 g/mol. The van der Waals surface area contributed by atoms with Gasteiger partial charge in [-0.15, -0.1) is 0 Å². The third-order valence-corrected chi connectivity index (χ3v) is 3.23. The zero-order valence-corrected chi connectivity index (χ0v) is 9.63. The zero-order chi connectivity index (χ0) is 11.7. The summed E-state index contributed by atoms with van der Waals surface area (Å²) in [5, 5.41) is 3.42. The van der Waals surface area contributed by atoms with Gasteiger partial charge in [0.25, 0.3) is 0 Å². The Hall–Kier alpha value is -1.69. The number of aromatic nitrogens is 4. The van der Waals surface area contributed by atoms with Crippen LogP contribution in [0.5, 0.6) is 0 Å². The van der Waals surface area contributed by atoms with Crippen molar-refractivity contribution < 1.29 is 0 Å². The zero-order valence-electron chi connectivity index (χ0n) is 9.63. The SMILES string of the molecule is Nc1ncc2ncn(CC3CCCNC3)c2n1. The van der Waals surface area contributed by atoms with Crippen LogP contribution in [0.1, 0.15) is 12.8 Å². The van der Waals surface area contributed by atoms with E-state index < -0.39 is 0 Å². The third kappa shape index (κ3) is 2.08. The topological polar surface area (TPSA) is 81.6 Å². The van der Waals surface area contributed by atoms with E-state index in [4.69, 9.17) is 5.73 Å². The van der Waals surface area contributed by atoms with Gasteiger partial charge in [-0.05, 0) is 31.8 Å². The molecular formula is C11H16N6. The number of nitrogen functional groups attached to an aromatic ring is 1. The van der Waals surface area contributed by atoms with Crippen molar-refractivity contribution in [1.29, 1.82) is 0 Å². The predicted octanol–water partition coefficient (Wildman–Crippen LogP) is 0.408. The monoisotopic (exact) mass is 232 g/mol. The maximum atomic E-state index is 5.61. The standard InChI is InChI=1S/C11H16N6/c12-11-14-5-9-10(16-11)17(7-15-9)6-8-2-1-3-13-4-8/h5,7-8,13H,1-4,6H2,(H2,12,14,16). The molecule has 0 aliphatic carbocycles. The van der Waals surface area contributed by atoms with E-state index in [9.17, 15) is 0 Å². The van der Waals surface area contributed by atoms with Crippen LogP contribution < -0.4 is 11.1 Å². The second-order valence-electron chi connectivity index (χ2n) is 4.55. The first-order valence-electron chi connectivity index (χ1n) is 5.97. The Balaban J connectivity index is 1.86. The summed E-state index contributed by atoms with van der Waals surface area (Å²) in [4.78, 5) is 12.5. The van der Waals surface area contributed by atoms with Crippen LogP contribution in [0.4, 0.5) is 5.95 Å². The number of rotatable bonds is 2. The van der Waals surface area contributed by atoms with Crippen LogP contribution >= 0.6 is 0 Å². The van der Waals surface area contributed by atoms with Crippen LogP contribution in [-0.4, -0.2) is 32.6 Å². The Morgan fingerprint density at radius 1 is 1.47 bits per heavy atom. The van der Waals surface area contributed by atoms with Crippen molar-refractivity contribution in [3.8, 4) is 0 Å². The van der Waals surface area contributed by atoms with Crippen LogP contribution in [-0.2, 0) is 6.54 Å². The van der Waals surface area contributed by atoms with Crippen LogP contribution in [0.3, 0.4) is 0 Å². The molecule has 1 aliphatic heterocycles. The van der Waals surface area contributed by atoms with Crippen molar-refractivity contribution >= 4 is 17.1 Å². The van der Waals surface area contributed by atoms with Gasteiger partial charge in [0.05, 0.1) is 12.5 Å². The average molecular weight is 232 g/mol. The van der Waals surface area contributed by atoms with Crippen LogP contribution in [0, 0.1) is 5.92 Å². The predicted molar refractivity (Wildman–Crippen MR) is 65.3 cm³/mol. The van der Waals surface area contributed by atoms with Gasteiger partial charge in [-0.3, -0.25) is 0 Å². The minimum absolute atomic E-state index is 0.306. The molecule has 17 heavy (non-hydrogen) atoms. The highest BCUT2D eigenvalue weighted by Crippen LogP contribution is 2.16. The van der Waals surface area contributed by atoms with E-state index in [0.717, 1.165) is 30.8 Å². The summed E-state index contributed by atoms with van der Waals surface area (Å²) < 4.78 is 2.07. The highest BCUT2D eigenvalue weighted by molar-refractivity contribution is 5.70. The van der Waals surface area contributed by atoms with E-state index in [1.807, 2.05) is 6.33 Å². The fourth-order valence-corrected chi connectivity index (χ4v) is 2.36. The molecule has 0 amide bonds. The molecule has 2 aromatic heterocycles. The number of hydrogen-bond donors (Lipinski definition) is 2. The molecule has 1 unspecified atom stereocenters. The molecule has 0 radical (unpaired) electrons. The number of piperidine rings is 1. The van der Waals surface area contributed by atoms with Gasteiger partial charge in [-0.2, -0.15) is 4.98 Å². The Kier molecular flexibility index (Phi) is 2.64. The number of nitrogens with one attached hydrogen (secondary N) is 1. The maximum absolute atomic E-state index is 5.61. The van der Waals surface area contributed by atoms with Crippen molar-refractivity contribution in [2.75, 3.05) is 18.8 Å². The van der Waals surface area contributed by atoms with Crippen LogP contribution in [0.2, 0.25) is 0 Å². The largest absolute Gasteiger partial charge is 0.368 e. The normalized spacial score (nSPS) is 20.8. The number of imidazole rings is 1. The van der Waals surface area contributed by atoms with E-state index in [-0.39, 0.29) is 0 Å². The smallest absolute Gasteiger partial charge is 0.222 e. The average Bonchev–Trinajstić information content (AvgIpc) is 2.73. The van der Waals surface area contributed by atoms with Crippen molar-refractivity contribution in [3.05, 3.63) is 12.5 Å². The minimum atomic E-state index is 0.306. The molecule has 2 aromatic rings. The Labute approximate surface area is 99.3 Å². The lowest BCUT2D eigenvalue weighted by atomic mass is 10.00. The van der Waals surface area contributed by atoms with Gasteiger partial charge in [-0.25, -0.2) is 9.97 Å². The summed E-state index contributed by atoms with van der Waals surface area (Å²) in [7, 11) is 0. The highest BCUT2D eigenvalue weighted by Gasteiger charge is 2.15. The summed E-state index contributed by atoms with van der Waals surface area (Å²) in [5.41, 5.74) is 7.25. The molecule has 3 N–H and O–H groups in total. The molecule has 6 heteroatoms. The molecule has 0 bridgehead atoms. The molecule has 0 aromatic carbocycles. The van der Waals surface area contributed by atoms with Gasteiger partial charge in [-0.1, -0.05) is 0 Å². The summed E-state index contributed by atoms with van der Waals surface area (Å²) in [6, 6.07) is 0. The summed E-state index contributed by atoms with van der Waals surface area (Å²) in [5.74, 6) is 0.957. The summed E-state index contributed by atoms with van der Waals surface area (Å²) >= 11 is 0. The molecule has 0 spiro atoms. The van der Waals surface area contributed by atoms with E-state index in [1.165, 1.54) is 12.8 Å². The van der Waals surface area contributed by atoms with E-state index in [0.29, 0.717) is 11.9 Å².